The molecule has 1 saturated heterocycles. The normalized spacial score (nSPS) is 17.6. The summed E-state index contributed by atoms with van der Waals surface area (Å²) in [5.74, 6) is -1.54. The fraction of sp³-hybridized carbons (Fsp3) is 0.462. The number of rotatable bonds is 2. The molecule has 0 aromatic heterocycles. The molecule has 1 aromatic carbocycles. The van der Waals surface area contributed by atoms with Crippen molar-refractivity contribution in [3.05, 3.63) is 29.6 Å². The number of hydrogen-bond acceptors (Lipinski definition) is 3. The summed E-state index contributed by atoms with van der Waals surface area (Å²) in [6.07, 6.45) is 0.907. The van der Waals surface area contributed by atoms with Crippen molar-refractivity contribution in [2.45, 2.75) is 6.42 Å². The van der Waals surface area contributed by atoms with Crippen molar-refractivity contribution in [1.82, 2.24) is 4.90 Å². The summed E-state index contributed by atoms with van der Waals surface area (Å²) in [5, 5.41) is 9.14. The van der Waals surface area contributed by atoms with E-state index in [4.69, 9.17) is 5.11 Å². The SMILES string of the molecule is CN1CCCN(c2c(F)cccc2C(=O)O)CC1. The van der Waals surface area contributed by atoms with Gasteiger partial charge in [0.2, 0.25) is 0 Å². The van der Waals surface area contributed by atoms with Gasteiger partial charge in [0, 0.05) is 19.6 Å². The lowest BCUT2D eigenvalue weighted by atomic mass is 10.1. The van der Waals surface area contributed by atoms with Crippen molar-refractivity contribution >= 4 is 11.7 Å². The van der Waals surface area contributed by atoms with E-state index in [0.29, 0.717) is 13.1 Å². The lowest BCUT2D eigenvalue weighted by Crippen LogP contribution is -2.30. The second kappa shape index (κ2) is 5.35. The van der Waals surface area contributed by atoms with Gasteiger partial charge < -0.3 is 14.9 Å². The molecule has 2 rings (SSSR count). The van der Waals surface area contributed by atoms with Crippen LogP contribution in [0.3, 0.4) is 0 Å². The first-order valence-electron chi connectivity index (χ1n) is 6.05. The molecule has 0 atom stereocenters. The van der Waals surface area contributed by atoms with Crippen LogP contribution in [0, 0.1) is 5.82 Å². The van der Waals surface area contributed by atoms with Crippen LogP contribution in [0.15, 0.2) is 18.2 Å². The molecule has 0 bridgehead atoms. The third kappa shape index (κ3) is 2.61. The average molecular weight is 252 g/mol. The van der Waals surface area contributed by atoms with Crippen LogP contribution in [0.4, 0.5) is 10.1 Å². The number of carboxylic acid groups (broad SMARTS) is 1. The summed E-state index contributed by atoms with van der Waals surface area (Å²) >= 11 is 0. The lowest BCUT2D eigenvalue weighted by molar-refractivity contribution is 0.0697. The minimum Gasteiger partial charge on any atom is -0.478 e. The molecule has 1 fully saturated rings. The van der Waals surface area contributed by atoms with E-state index in [1.165, 1.54) is 18.2 Å². The number of hydrogen-bond donors (Lipinski definition) is 1. The number of carbonyl (C=O) groups is 1. The first-order chi connectivity index (χ1) is 8.59. The van der Waals surface area contributed by atoms with Gasteiger partial charge in [0.1, 0.15) is 5.82 Å². The monoisotopic (exact) mass is 252 g/mol. The molecule has 5 heteroatoms. The number of halogens is 1. The van der Waals surface area contributed by atoms with Gasteiger partial charge in [0.25, 0.3) is 0 Å². The summed E-state index contributed by atoms with van der Waals surface area (Å²) < 4.78 is 13.9. The second-order valence-electron chi connectivity index (χ2n) is 4.59. The van der Waals surface area contributed by atoms with Gasteiger partial charge in [-0.3, -0.25) is 0 Å². The highest BCUT2D eigenvalue weighted by Crippen LogP contribution is 2.25. The van der Waals surface area contributed by atoms with Gasteiger partial charge in [-0.15, -0.1) is 0 Å². The highest BCUT2D eigenvalue weighted by atomic mass is 19.1. The molecule has 4 nitrogen and oxygen atoms in total. The van der Waals surface area contributed by atoms with E-state index in [2.05, 4.69) is 4.90 Å². The molecule has 1 aromatic rings. The predicted octanol–water partition coefficient (Wildman–Crippen LogP) is 1.67. The summed E-state index contributed by atoms with van der Waals surface area (Å²) in [6.45, 7) is 3.10. The van der Waals surface area contributed by atoms with E-state index >= 15 is 0 Å². The molecule has 1 heterocycles. The number of likely N-dealkylation sites (N-methyl/N-ethyl adjacent to an activating group) is 1. The standard InChI is InChI=1S/C13H17FN2O2/c1-15-6-3-7-16(9-8-15)12-10(13(17)18)4-2-5-11(12)14/h2,4-5H,3,6-9H2,1H3,(H,17,18). The van der Waals surface area contributed by atoms with Crippen LogP contribution >= 0.6 is 0 Å². The molecular weight excluding hydrogens is 235 g/mol. The van der Waals surface area contributed by atoms with E-state index in [9.17, 15) is 9.18 Å². The van der Waals surface area contributed by atoms with E-state index < -0.39 is 11.8 Å². The molecular formula is C13H17FN2O2. The number of anilines is 1. The lowest BCUT2D eigenvalue weighted by Gasteiger charge is -2.24. The van der Waals surface area contributed by atoms with E-state index in [0.717, 1.165) is 19.5 Å². The number of aromatic carboxylic acids is 1. The number of benzene rings is 1. The maximum Gasteiger partial charge on any atom is 0.337 e. The van der Waals surface area contributed by atoms with Crippen molar-refractivity contribution in [1.29, 1.82) is 0 Å². The number of carboxylic acids is 1. The Balaban J connectivity index is 2.34. The predicted molar refractivity (Wildman–Crippen MR) is 67.7 cm³/mol. The molecule has 1 aliphatic heterocycles. The largest absolute Gasteiger partial charge is 0.478 e. The third-order valence-electron chi connectivity index (χ3n) is 3.25. The topological polar surface area (TPSA) is 43.8 Å². The fourth-order valence-electron chi connectivity index (χ4n) is 2.28. The summed E-state index contributed by atoms with van der Waals surface area (Å²) in [5.41, 5.74) is 0.264. The zero-order valence-corrected chi connectivity index (χ0v) is 10.4. The van der Waals surface area contributed by atoms with Gasteiger partial charge in [-0.25, -0.2) is 9.18 Å². The van der Waals surface area contributed by atoms with Crippen LogP contribution in [0.1, 0.15) is 16.8 Å². The molecule has 0 unspecified atom stereocenters. The van der Waals surface area contributed by atoms with Crippen molar-refractivity contribution in [3.8, 4) is 0 Å². The molecule has 0 saturated carbocycles. The minimum atomic E-state index is -1.08. The molecule has 1 aliphatic rings. The van der Waals surface area contributed by atoms with Gasteiger partial charge in [0.15, 0.2) is 0 Å². The maximum absolute atomic E-state index is 13.9. The van der Waals surface area contributed by atoms with Crippen LogP contribution in [0.2, 0.25) is 0 Å². The first kappa shape index (κ1) is 12.8. The van der Waals surface area contributed by atoms with Crippen LogP contribution in [-0.4, -0.2) is 49.2 Å². The Hall–Kier alpha value is -1.62. The zero-order chi connectivity index (χ0) is 13.1. The molecule has 1 N–H and O–H groups in total. The number of para-hydroxylation sites is 1. The molecule has 98 valence electrons. The Labute approximate surface area is 106 Å². The first-order valence-corrected chi connectivity index (χ1v) is 6.05. The Morgan fingerprint density at radius 3 is 2.78 bits per heavy atom. The Kier molecular flexibility index (Phi) is 3.81. The highest BCUT2D eigenvalue weighted by molar-refractivity contribution is 5.94. The Bertz CT molecular complexity index is 451. The van der Waals surface area contributed by atoms with Gasteiger partial charge in [-0.2, -0.15) is 0 Å². The zero-order valence-electron chi connectivity index (χ0n) is 10.4. The molecule has 0 radical (unpaired) electrons. The van der Waals surface area contributed by atoms with Gasteiger partial charge >= 0.3 is 5.97 Å². The van der Waals surface area contributed by atoms with E-state index in [1.54, 1.807) is 0 Å². The third-order valence-corrected chi connectivity index (χ3v) is 3.25. The van der Waals surface area contributed by atoms with Crippen LogP contribution in [0.5, 0.6) is 0 Å². The second-order valence-corrected chi connectivity index (χ2v) is 4.59. The average Bonchev–Trinajstić information content (AvgIpc) is 2.53. The Morgan fingerprint density at radius 1 is 1.28 bits per heavy atom. The highest BCUT2D eigenvalue weighted by Gasteiger charge is 2.21. The molecule has 0 amide bonds. The fourth-order valence-corrected chi connectivity index (χ4v) is 2.28. The van der Waals surface area contributed by atoms with Crippen LogP contribution < -0.4 is 4.90 Å². The minimum absolute atomic E-state index is 0.0413. The molecule has 18 heavy (non-hydrogen) atoms. The van der Waals surface area contributed by atoms with Crippen molar-refractivity contribution < 1.29 is 14.3 Å². The summed E-state index contributed by atoms with van der Waals surface area (Å²) in [6, 6.07) is 4.21. The quantitative estimate of drug-likeness (QED) is 0.869. The maximum atomic E-state index is 13.9. The van der Waals surface area contributed by atoms with Crippen LogP contribution in [0.25, 0.3) is 0 Å². The van der Waals surface area contributed by atoms with Gasteiger partial charge in [-0.05, 0) is 32.1 Å². The molecule has 0 spiro atoms. The van der Waals surface area contributed by atoms with Gasteiger partial charge in [-0.1, -0.05) is 6.07 Å². The van der Waals surface area contributed by atoms with Gasteiger partial charge in [0.05, 0.1) is 11.3 Å². The summed E-state index contributed by atoms with van der Waals surface area (Å²) in [4.78, 5) is 15.2. The van der Waals surface area contributed by atoms with Crippen molar-refractivity contribution in [3.63, 3.8) is 0 Å². The molecule has 0 aliphatic carbocycles. The summed E-state index contributed by atoms with van der Waals surface area (Å²) in [7, 11) is 2.02. The van der Waals surface area contributed by atoms with Crippen molar-refractivity contribution in [2.75, 3.05) is 38.1 Å². The smallest absolute Gasteiger partial charge is 0.337 e. The number of nitrogens with zero attached hydrogens (tertiary/aromatic N) is 2. The van der Waals surface area contributed by atoms with E-state index in [1.807, 2.05) is 11.9 Å². The Morgan fingerprint density at radius 2 is 2.06 bits per heavy atom. The van der Waals surface area contributed by atoms with Crippen LogP contribution in [-0.2, 0) is 0 Å². The van der Waals surface area contributed by atoms with E-state index in [-0.39, 0.29) is 11.3 Å². The van der Waals surface area contributed by atoms with Crippen molar-refractivity contribution in [2.24, 2.45) is 0 Å².